The second-order valence-electron chi connectivity index (χ2n) is 4.83. The highest BCUT2D eigenvalue weighted by Crippen LogP contribution is 2.30. The number of nitrogens with two attached hydrogens (primary N) is 2. The molecule has 0 radical (unpaired) electrons. The van der Waals surface area contributed by atoms with E-state index in [-0.39, 0.29) is 11.6 Å². The minimum absolute atomic E-state index is 0.0394. The van der Waals surface area contributed by atoms with E-state index in [1.54, 1.807) is 0 Å². The van der Waals surface area contributed by atoms with Crippen molar-refractivity contribution in [2.75, 3.05) is 17.7 Å². The van der Waals surface area contributed by atoms with Crippen molar-refractivity contribution in [1.29, 1.82) is 0 Å². The van der Waals surface area contributed by atoms with Crippen LogP contribution in [0.5, 0.6) is 0 Å². The predicted molar refractivity (Wildman–Crippen MR) is 69.2 cm³/mol. The van der Waals surface area contributed by atoms with Gasteiger partial charge < -0.3 is 21.5 Å². The minimum Gasteiger partial charge on any atom is -0.397 e. The molecule has 0 aliphatic carbocycles. The Balaban J connectivity index is 2.31. The molecule has 18 heavy (non-hydrogen) atoms. The van der Waals surface area contributed by atoms with Crippen molar-refractivity contribution in [3.63, 3.8) is 0 Å². The Morgan fingerprint density at radius 1 is 1.67 bits per heavy atom. The fraction of sp³-hybridized carbons (Fsp3) is 0.500. The molecule has 5 N–H and O–H groups in total. The highest BCUT2D eigenvalue weighted by atomic mass is 16.5. The van der Waals surface area contributed by atoms with E-state index in [0.717, 1.165) is 6.42 Å². The van der Waals surface area contributed by atoms with Gasteiger partial charge in [0.2, 0.25) is 0 Å². The second kappa shape index (κ2) is 4.45. The van der Waals surface area contributed by atoms with Crippen molar-refractivity contribution in [3.8, 4) is 0 Å². The molecule has 6 nitrogen and oxygen atoms in total. The highest BCUT2D eigenvalue weighted by molar-refractivity contribution is 5.98. The number of aromatic nitrogens is 1. The Hall–Kier alpha value is -1.82. The van der Waals surface area contributed by atoms with E-state index in [9.17, 15) is 4.79 Å². The number of nitrogens with one attached hydrogen (secondary N) is 1. The number of amides is 1. The van der Waals surface area contributed by atoms with E-state index < -0.39 is 5.91 Å². The quantitative estimate of drug-likeness (QED) is 0.734. The Labute approximate surface area is 106 Å². The Morgan fingerprint density at radius 2 is 2.39 bits per heavy atom. The topological polar surface area (TPSA) is 103 Å². The summed E-state index contributed by atoms with van der Waals surface area (Å²) in [5.41, 5.74) is 11.4. The third-order valence-corrected chi connectivity index (χ3v) is 3.46. The number of carbonyl (C=O) groups is 1. The van der Waals surface area contributed by atoms with E-state index in [4.69, 9.17) is 16.2 Å². The van der Waals surface area contributed by atoms with Gasteiger partial charge in [-0.1, -0.05) is 0 Å². The zero-order chi connectivity index (χ0) is 13.3. The zero-order valence-corrected chi connectivity index (χ0v) is 10.6. The number of nitrogen functional groups attached to an aromatic ring is 1. The summed E-state index contributed by atoms with van der Waals surface area (Å²) >= 11 is 0. The van der Waals surface area contributed by atoms with Crippen LogP contribution in [0.1, 0.15) is 30.6 Å². The summed E-state index contributed by atoms with van der Waals surface area (Å²) in [6, 6.07) is 1.53. The van der Waals surface area contributed by atoms with Gasteiger partial charge in [0, 0.05) is 6.61 Å². The largest absolute Gasteiger partial charge is 0.397 e. The monoisotopic (exact) mass is 250 g/mol. The molecule has 1 aliphatic rings. The van der Waals surface area contributed by atoms with Gasteiger partial charge in [-0.3, -0.25) is 4.79 Å². The molecule has 0 bridgehead atoms. The fourth-order valence-corrected chi connectivity index (χ4v) is 2.04. The molecular formula is C12H18N4O2. The standard InChI is InChI=1S/C12H18N4O2/c1-7-12(2,3-4-18-7)16-11-9(10(14)17)5-8(13)6-15-11/h5-7H,3-4,13H2,1-2H3,(H2,14,17)(H,15,16). The number of ether oxygens (including phenoxy) is 1. The van der Waals surface area contributed by atoms with Crippen LogP contribution in [0.15, 0.2) is 12.3 Å². The summed E-state index contributed by atoms with van der Waals surface area (Å²) in [4.78, 5) is 15.5. The maximum absolute atomic E-state index is 11.4. The van der Waals surface area contributed by atoms with Gasteiger partial charge in [-0.05, 0) is 26.3 Å². The minimum atomic E-state index is -0.549. The molecule has 2 unspecified atom stereocenters. The van der Waals surface area contributed by atoms with Crippen LogP contribution in [0, 0.1) is 0 Å². The Morgan fingerprint density at radius 3 is 2.94 bits per heavy atom. The van der Waals surface area contributed by atoms with Crippen molar-refractivity contribution in [2.24, 2.45) is 5.73 Å². The van der Waals surface area contributed by atoms with Crippen molar-refractivity contribution in [2.45, 2.75) is 31.9 Å². The number of hydrogen-bond acceptors (Lipinski definition) is 5. The summed E-state index contributed by atoms with van der Waals surface area (Å²) in [6.45, 7) is 4.71. The van der Waals surface area contributed by atoms with Crippen molar-refractivity contribution < 1.29 is 9.53 Å². The SMILES string of the molecule is CC1OCCC1(C)Nc1ncc(N)cc1C(N)=O. The number of carbonyl (C=O) groups excluding carboxylic acids is 1. The summed E-state index contributed by atoms with van der Waals surface area (Å²) < 4.78 is 5.53. The molecule has 6 heteroatoms. The number of hydrogen-bond donors (Lipinski definition) is 3. The average Bonchev–Trinajstić information content (AvgIpc) is 2.61. The molecule has 0 spiro atoms. The van der Waals surface area contributed by atoms with Crippen LogP contribution in [-0.2, 0) is 4.74 Å². The van der Waals surface area contributed by atoms with E-state index in [2.05, 4.69) is 10.3 Å². The first-order chi connectivity index (χ1) is 8.42. The number of rotatable bonds is 3. The van der Waals surface area contributed by atoms with Gasteiger partial charge in [-0.2, -0.15) is 0 Å². The first-order valence-corrected chi connectivity index (χ1v) is 5.87. The van der Waals surface area contributed by atoms with Crippen LogP contribution in [-0.4, -0.2) is 29.1 Å². The molecular weight excluding hydrogens is 232 g/mol. The molecule has 2 heterocycles. The maximum Gasteiger partial charge on any atom is 0.252 e. The third kappa shape index (κ3) is 2.24. The van der Waals surface area contributed by atoms with Gasteiger partial charge in [0.1, 0.15) is 5.82 Å². The molecule has 2 atom stereocenters. The number of anilines is 2. The van der Waals surface area contributed by atoms with Crippen molar-refractivity contribution in [3.05, 3.63) is 17.8 Å². The lowest BCUT2D eigenvalue weighted by molar-refractivity contribution is 0.0997. The Kier molecular flexibility index (Phi) is 3.13. The zero-order valence-electron chi connectivity index (χ0n) is 10.6. The van der Waals surface area contributed by atoms with Gasteiger partial charge in [-0.15, -0.1) is 0 Å². The van der Waals surface area contributed by atoms with Crippen LogP contribution in [0.2, 0.25) is 0 Å². The molecule has 98 valence electrons. The molecule has 1 aliphatic heterocycles. The van der Waals surface area contributed by atoms with Gasteiger partial charge in [-0.25, -0.2) is 4.98 Å². The van der Waals surface area contributed by atoms with Crippen LogP contribution in [0.4, 0.5) is 11.5 Å². The lowest BCUT2D eigenvalue weighted by Gasteiger charge is -2.30. The lowest BCUT2D eigenvalue weighted by Crippen LogP contribution is -2.42. The van der Waals surface area contributed by atoms with Crippen LogP contribution in [0.3, 0.4) is 0 Å². The van der Waals surface area contributed by atoms with Crippen LogP contribution in [0.25, 0.3) is 0 Å². The molecule has 1 aromatic heterocycles. The molecule has 0 saturated carbocycles. The van der Waals surface area contributed by atoms with Crippen molar-refractivity contribution in [1.82, 2.24) is 4.98 Å². The van der Waals surface area contributed by atoms with E-state index in [1.807, 2.05) is 13.8 Å². The predicted octanol–water partition coefficient (Wildman–Crippen LogP) is 0.742. The van der Waals surface area contributed by atoms with E-state index in [1.165, 1.54) is 12.3 Å². The molecule has 2 rings (SSSR count). The van der Waals surface area contributed by atoms with E-state index in [0.29, 0.717) is 23.7 Å². The van der Waals surface area contributed by atoms with E-state index >= 15 is 0 Å². The van der Waals surface area contributed by atoms with Gasteiger partial charge >= 0.3 is 0 Å². The van der Waals surface area contributed by atoms with Gasteiger partial charge in [0.15, 0.2) is 0 Å². The molecule has 1 fully saturated rings. The third-order valence-electron chi connectivity index (χ3n) is 3.46. The maximum atomic E-state index is 11.4. The molecule has 1 aromatic rings. The number of primary amides is 1. The second-order valence-corrected chi connectivity index (χ2v) is 4.83. The normalized spacial score (nSPS) is 27.1. The first kappa shape index (κ1) is 12.6. The molecule has 1 amide bonds. The summed E-state index contributed by atoms with van der Waals surface area (Å²) in [6.07, 6.45) is 2.38. The first-order valence-electron chi connectivity index (χ1n) is 5.87. The van der Waals surface area contributed by atoms with Crippen molar-refractivity contribution >= 4 is 17.4 Å². The molecule has 1 saturated heterocycles. The molecule has 0 aromatic carbocycles. The van der Waals surface area contributed by atoms with Crippen LogP contribution >= 0.6 is 0 Å². The summed E-state index contributed by atoms with van der Waals surface area (Å²) in [7, 11) is 0. The fourth-order valence-electron chi connectivity index (χ4n) is 2.04. The van der Waals surface area contributed by atoms with Crippen LogP contribution < -0.4 is 16.8 Å². The summed E-state index contributed by atoms with van der Waals surface area (Å²) in [5.74, 6) is -0.0935. The summed E-state index contributed by atoms with van der Waals surface area (Å²) in [5, 5.41) is 3.25. The Bertz CT molecular complexity index is 477. The number of pyridine rings is 1. The average molecular weight is 250 g/mol. The van der Waals surface area contributed by atoms with Gasteiger partial charge in [0.05, 0.1) is 29.1 Å². The smallest absolute Gasteiger partial charge is 0.252 e. The number of nitrogens with zero attached hydrogens (tertiary/aromatic N) is 1. The lowest BCUT2D eigenvalue weighted by atomic mass is 9.94. The highest BCUT2D eigenvalue weighted by Gasteiger charge is 2.37. The van der Waals surface area contributed by atoms with Gasteiger partial charge in [0.25, 0.3) is 5.91 Å².